The molecule has 0 aliphatic rings. The molecular weight excluding hydrogens is 220 g/mol. The van der Waals surface area contributed by atoms with Crippen LogP contribution in [-0.4, -0.2) is 16.8 Å². The predicted molar refractivity (Wildman–Crippen MR) is 60.1 cm³/mol. The molecule has 0 saturated carbocycles. The van der Waals surface area contributed by atoms with Crippen molar-refractivity contribution in [3.05, 3.63) is 10.6 Å². The molecule has 1 amide bonds. The Bertz CT molecular complexity index is 318. The van der Waals surface area contributed by atoms with Crippen molar-refractivity contribution >= 4 is 34.0 Å². The number of nitrogens with one attached hydrogen (secondary N) is 1. The van der Waals surface area contributed by atoms with Gasteiger partial charge in [-0.15, -0.1) is 22.9 Å². The van der Waals surface area contributed by atoms with E-state index in [0.717, 1.165) is 10.6 Å². The number of amides is 1. The first-order chi connectivity index (χ1) is 6.54. The van der Waals surface area contributed by atoms with E-state index in [1.54, 1.807) is 6.92 Å². The first-order valence-corrected chi connectivity index (χ1v) is 5.70. The van der Waals surface area contributed by atoms with Crippen LogP contribution in [0.25, 0.3) is 0 Å². The number of halogens is 1. The third-order valence-electron chi connectivity index (χ3n) is 1.94. The van der Waals surface area contributed by atoms with Crippen LogP contribution in [0.1, 0.15) is 17.5 Å². The van der Waals surface area contributed by atoms with Crippen LogP contribution in [0.2, 0.25) is 0 Å². The molecule has 78 valence electrons. The van der Waals surface area contributed by atoms with E-state index in [1.165, 1.54) is 11.3 Å². The van der Waals surface area contributed by atoms with Crippen molar-refractivity contribution in [1.29, 1.82) is 0 Å². The van der Waals surface area contributed by atoms with Gasteiger partial charge in [-0.2, -0.15) is 0 Å². The van der Waals surface area contributed by atoms with Gasteiger partial charge >= 0.3 is 0 Å². The summed E-state index contributed by atoms with van der Waals surface area (Å²) >= 11 is 7.06. The van der Waals surface area contributed by atoms with Gasteiger partial charge in [0.2, 0.25) is 5.91 Å². The van der Waals surface area contributed by atoms with Gasteiger partial charge in [0, 0.05) is 16.7 Å². The fourth-order valence-corrected chi connectivity index (χ4v) is 1.78. The standard InChI is InChI=1S/C9H13ClN2OS/c1-5(4-10)8(13)12-9-11-6(2)7(3)14-9/h5H,4H2,1-3H3,(H,11,12,13). The monoisotopic (exact) mass is 232 g/mol. The van der Waals surface area contributed by atoms with Crippen LogP contribution in [0.15, 0.2) is 0 Å². The Kier molecular flexibility index (Phi) is 3.89. The molecule has 1 aromatic heterocycles. The van der Waals surface area contributed by atoms with Crippen LogP contribution in [0.3, 0.4) is 0 Å². The second-order valence-corrected chi connectivity index (χ2v) is 4.72. The number of thiazole rings is 1. The van der Waals surface area contributed by atoms with E-state index >= 15 is 0 Å². The zero-order valence-corrected chi connectivity index (χ0v) is 10.00. The molecule has 1 unspecified atom stereocenters. The lowest BCUT2D eigenvalue weighted by Gasteiger charge is -2.05. The summed E-state index contributed by atoms with van der Waals surface area (Å²) in [7, 11) is 0. The Morgan fingerprint density at radius 1 is 1.64 bits per heavy atom. The summed E-state index contributed by atoms with van der Waals surface area (Å²) in [6, 6.07) is 0. The van der Waals surface area contributed by atoms with E-state index in [1.807, 2.05) is 13.8 Å². The molecule has 14 heavy (non-hydrogen) atoms. The van der Waals surface area contributed by atoms with Gasteiger partial charge < -0.3 is 5.32 Å². The molecular formula is C9H13ClN2OS. The molecule has 1 heterocycles. The Hall–Kier alpha value is -0.610. The first-order valence-electron chi connectivity index (χ1n) is 4.35. The van der Waals surface area contributed by atoms with Crippen LogP contribution < -0.4 is 5.32 Å². The van der Waals surface area contributed by atoms with Crippen LogP contribution in [0.4, 0.5) is 5.13 Å². The van der Waals surface area contributed by atoms with E-state index in [4.69, 9.17) is 11.6 Å². The van der Waals surface area contributed by atoms with Crippen LogP contribution in [0.5, 0.6) is 0 Å². The van der Waals surface area contributed by atoms with E-state index in [-0.39, 0.29) is 11.8 Å². The van der Waals surface area contributed by atoms with Crippen molar-refractivity contribution in [1.82, 2.24) is 4.98 Å². The number of alkyl halides is 1. The molecule has 0 aromatic carbocycles. The Morgan fingerprint density at radius 2 is 2.29 bits per heavy atom. The molecule has 0 spiro atoms. The van der Waals surface area contributed by atoms with Crippen LogP contribution in [-0.2, 0) is 4.79 Å². The SMILES string of the molecule is Cc1nc(NC(=O)C(C)CCl)sc1C. The first kappa shape index (κ1) is 11.5. The lowest BCUT2D eigenvalue weighted by atomic mass is 10.2. The van der Waals surface area contributed by atoms with Crippen molar-refractivity contribution < 1.29 is 4.79 Å². The van der Waals surface area contributed by atoms with Crippen molar-refractivity contribution in [3.63, 3.8) is 0 Å². The van der Waals surface area contributed by atoms with E-state index in [2.05, 4.69) is 10.3 Å². The van der Waals surface area contributed by atoms with Gasteiger partial charge in [0.1, 0.15) is 0 Å². The Morgan fingerprint density at radius 3 is 2.71 bits per heavy atom. The summed E-state index contributed by atoms with van der Waals surface area (Å²) in [5.74, 6) is 0.0738. The summed E-state index contributed by atoms with van der Waals surface area (Å²) in [5.41, 5.74) is 0.962. The summed E-state index contributed by atoms with van der Waals surface area (Å²) < 4.78 is 0. The molecule has 1 rings (SSSR count). The van der Waals surface area contributed by atoms with Gasteiger partial charge in [0.05, 0.1) is 5.69 Å². The largest absolute Gasteiger partial charge is 0.302 e. The normalized spacial score (nSPS) is 12.6. The van der Waals surface area contributed by atoms with Gasteiger partial charge in [-0.3, -0.25) is 4.79 Å². The van der Waals surface area contributed by atoms with Crippen LogP contribution >= 0.6 is 22.9 Å². The minimum atomic E-state index is -0.179. The predicted octanol–water partition coefficient (Wildman–Crippen LogP) is 2.57. The fraction of sp³-hybridized carbons (Fsp3) is 0.556. The average Bonchev–Trinajstić information content (AvgIpc) is 2.44. The molecule has 1 N–H and O–H groups in total. The fourth-order valence-electron chi connectivity index (χ4n) is 0.825. The second-order valence-electron chi connectivity index (χ2n) is 3.21. The summed E-state index contributed by atoms with van der Waals surface area (Å²) in [5, 5.41) is 3.39. The maximum absolute atomic E-state index is 11.4. The zero-order valence-electron chi connectivity index (χ0n) is 8.43. The number of rotatable bonds is 3. The molecule has 0 saturated heterocycles. The third-order valence-corrected chi connectivity index (χ3v) is 3.39. The lowest BCUT2D eigenvalue weighted by Crippen LogP contribution is -2.21. The van der Waals surface area contributed by atoms with E-state index < -0.39 is 0 Å². The highest BCUT2D eigenvalue weighted by Crippen LogP contribution is 2.21. The number of aryl methyl sites for hydroxylation is 2. The Balaban J connectivity index is 2.65. The molecule has 3 nitrogen and oxygen atoms in total. The summed E-state index contributed by atoms with van der Waals surface area (Å²) in [6.07, 6.45) is 0. The number of carbonyl (C=O) groups excluding carboxylic acids is 1. The van der Waals surface area contributed by atoms with Crippen molar-refractivity contribution in [2.45, 2.75) is 20.8 Å². The van der Waals surface area contributed by atoms with Gasteiger partial charge in [-0.1, -0.05) is 6.92 Å². The molecule has 1 aromatic rings. The molecule has 0 fully saturated rings. The Labute approximate surface area is 92.5 Å². The quantitative estimate of drug-likeness (QED) is 0.814. The molecule has 0 bridgehead atoms. The zero-order chi connectivity index (χ0) is 10.7. The lowest BCUT2D eigenvalue weighted by molar-refractivity contribution is -0.118. The molecule has 1 atom stereocenters. The molecule has 0 radical (unpaired) electrons. The number of hydrogen-bond acceptors (Lipinski definition) is 3. The van der Waals surface area contributed by atoms with Crippen molar-refractivity contribution in [2.75, 3.05) is 11.2 Å². The van der Waals surface area contributed by atoms with Crippen molar-refractivity contribution in [3.8, 4) is 0 Å². The summed E-state index contributed by atoms with van der Waals surface area (Å²) in [4.78, 5) is 16.8. The minimum Gasteiger partial charge on any atom is -0.302 e. The maximum atomic E-state index is 11.4. The highest BCUT2D eigenvalue weighted by molar-refractivity contribution is 7.15. The maximum Gasteiger partial charge on any atom is 0.230 e. The minimum absolute atomic E-state index is 0.0752. The van der Waals surface area contributed by atoms with Gasteiger partial charge in [-0.25, -0.2) is 4.98 Å². The smallest absolute Gasteiger partial charge is 0.230 e. The van der Waals surface area contributed by atoms with Gasteiger partial charge in [-0.05, 0) is 13.8 Å². The highest BCUT2D eigenvalue weighted by atomic mass is 35.5. The number of nitrogens with zero attached hydrogens (tertiary/aromatic N) is 1. The third kappa shape index (κ3) is 2.69. The highest BCUT2D eigenvalue weighted by Gasteiger charge is 2.13. The van der Waals surface area contributed by atoms with Gasteiger partial charge in [0.15, 0.2) is 5.13 Å². The number of anilines is 1. The summed E-state index contributed by atoms with van der Waals surface area (Å²) in [6.45, 7) is 5.69. The van der Waals surface area contributed by atoms with Crippen molar-refractivity contribution in [2.24, 2.45) is 5.92 Å². The number of hydrogen-bond donors (Lipinski definition) is 1. The van der Waals surface area contributed by atoms with E-state index in [9.17, 15) is 4.79 Å². The topological polar surface area (TPSA) is 42.0 Å². The molecule has 0 aliphatic heterocycles. The second kappa shape index (κ2) is 4.75. The molecule has 0 aliphatic carbocycles. The van der Waals surface area contributed by atoms with Gasteiger partial charge in [0.25, 0.3) is 0 Å². The number of carbonyl (C=O) groups is 1. The average molecular weight is 233 g/mol. The molecule has 5 heteroatoms. The van der Waals surface area contributed by atoms with E-state index in [0.29, 0.717) is 11.0 Å². The number of aromatic nitrogens is 1. The van der Waals surface area contributed by atoms with Crippen LogP contribution in [0, 0.1) is 19.8 Å².